The first-order valence-electron chi connectivity index (χ1n) is 6.92. The molecule has 2 aromatic rings. The highest BCUT2D eigenvalue weighted by atomic mass is 32.1. The lowest BCUT2D eigenvalue weighted by molar-refractivity contribution is 0.781. The predicted molar refractivity (Wildman–Crippen MR) is 88.1 cm³/mol. The minimum atomic E-state index is 0.510. The highest BCUT2D eigenvalue weighted by molar-refractivity contribution is 7.80. The molecule has 0 spiro atoms. The van der Waals surface area contributed by atoms with Gasteiger partial charge in [-0.25, -0.2) is 9.97 Å². The largest absolute Gasteiger partial charge is 0.393 e. The zero-order valence-electron chi connectivity index (χ0n) is 12.1. The molecule has 21 heavy (non-hydrogen) atoms. The second-order valence-electron chi connectivity index (χ2n) is 4.72. The lowest BCUT2D eigenvalue weighted by Crippen LogP contribution is -2.28. The summed E-state index contributed by atoms with van der Waals surface area (Å²) in [6.07, 6.45) is 6.76. The van der Waals surface area contributed by atoms with Gasteiger partial charge in [0, 0.05) is 43.7 Å². The molecule has 110 valence electrons. The second-order valence-corrected chi connectivity index (χ2v) is 5.24. The summed E-state index contributed by atoms with van der Waals surface area (Å²) < 4.78 is 0. The standard InChI is InChI=1S/C15H19N5S/c1-2-13-8-15(19-11-18-13)20(7-5-14(16)21)10-12-4-3-6-17-9-12/h3-4,6,8-9,11H,2,5,7,10H2,1H3,(H2,16,21). The lowest BCUT2D eigenvalue weighted by Gasteiger charge is -2.23. The Hall–Kier alpha value is -2.08. The molecule has 0 amide bonds. The Labute approximate surface area is 130 Å². The SMILES string of the molecule is CCc1cc(N(CCC(N)=S)Cc2cccnc2)ncn1. The van der Waals surface area contributed by atoms with Gasteiger partial charge in [-0.15, -0.1) is 0 Å². The number of nitrogens with zero attached hydrogens (tertiary/aromatic N) is 4. The first kappa shape index (κ1) is 15.3. The number of nitrogens with two attached hydrogens (primary N) is 1. The van der Waals surface area contributed by atoms with Crippen LogP contribution in [0.1, 0.15) is 24.6 Å². The van der Waals surface area contributed by atoms with Crippen LogP contribution in [0, 0.1) is 0 Å². The normalized spacial score (nSPS) is 10.3. The molecular weight excluding hydrogens is 282 g/mol. The summed E-state index contributed by atoms with van der Waals surface area (Å²) >= 11 is 4.98. The van der Waals surface area contributed by atoms with Crippen molar-refractivity contribution < 1.29 is 0 Å². The van der Waals surface area contributed by atoms with Crippen molar-refractivity contribution in [3.63, 3.8) is 0 Å². The average Bonchev–Trinajstić information content (AvgIpc) is 2.52. The zero-order chi connectivity index (χ0) is 15.1. The van der Waals surface area contributed by atoms with E-state index in [9.17, 15) is 0 Å². The average molecular weight is 301 g/mol. The minimum Gasteiger partial charge on any atom is -0.393 e. The minimum absolute atomic E-state index is 0.510. The van der Waals surface area contributed by atoms with Crippen molar-refractivity contribution in [3.05, 3.63) is 48.2 Å². The maximum absolute atomic E-state index is 5.63. The molecule has 6 heteroatoms. The topological polar surface area (TPSA) is 67.9 Å². The molecular formula is C15H19N5S. The summed E-state index contributed by atoms with van der Waals surface area (Å²) in [7, 11) is 0. The molecule has 0 atom stereocenters. The predicted octanol–water partition coefficient (Wildman–Crippen LogP) is 2.12. The Morgan fingerprint density at radius 3 is 2.90 bits per heavy atom. The number of hydrogen-bond acceptors (Lipinski definition) is 5. The van der Waals surface area contributed by atoms with E-state index in [0.717, 1.165) is 36.6 Å². The Morgan fingerprint density at radius 1 is 1.38 bits per heavy atom. The number of aryl methyl sites for hydroxylation is 1. The maximum atomic E-state index is 5.63. The summed E-state index contributed by atoms with van der Waals surface area (Å²) in [5.74, 6) is 0.891. The van der Waals surface area contributed by atoms with E-state index in [4.69, 9.17) is 18.0 Å². The van der Waals surface area contributed by atoms with Crippen molar-refractivity contribution in [1.29, 1.82) is 0 Å². The van der Waals surface area contributed by atoms with Crippen molar-refractivity contribution in [2.24, 2.45) is 5.73 Å². The van der Waals surface area contributed by atoms with E-state index in [2.05, 4.69) is 26.8 Å². The van der Waals surface area contributed by atoms with Crippen molar-refractivity contribution in [3.8, 4) is 0 Å². The number of rotatable bonds is 7. The van der Waals surface area contributed by atoms with Gasteiger partial charge in [0.05, 0.1) is 4.99 Å². The van der Waals surface area contributed by atoms with Crippen LogP contribution in [-0.2, 0) is 13.0 Å². The summed E-state index contributed by atoms with van der Waals surface area (Å²) in [6.45, 7) is 3.52. The van der Waals surface area contributed by atoms with Crippen LogP contribution in [0.4, 0.5) is 5.82 Å². The Balaban J connectivity index is 2.20. The molecule has 0 unspecified atom stereocenters. The van der Waals surface area contributed by atoms with Crippen LogP contribution in [0.3, 0.4) is 0 Å². The summed E-state index contributed by atoms with van der Waals surface area (Å²) in [4.78, 5) is 15.4. The zero-order valence-corrected chi connectivity index (χ0v) is 12.9. The van der Waals surface area contributed by atoms with E-state index in [1.165, 1.54) is 0 Å². The number of hydrogen-bond donors (Lipinski definition) is 1. The van der Waals surface area contributed by atoms with Gasteiger partial charge in [0.1, 0.15) is 12.1 Å². The Morgan fingerprint density at radius 2 is 2.24 bits per heavy atom. The summed E-state index contributed by atoms with van der Waals surface area (Å²) in [5.41, 5.74) is 7.77. The highest BCUT2D eigenvalue weighted by Crippen LogP contribution is 2.15. The quantitative estimate of drug-likeness (QED) is 0.790. The van der Waals surface area contributed by atoms with Gasteiger partial charge in [-0.2, -0.15) is 0 Å². The van der Waals surface area contributed by atoms with Gasteiger partial charge in [0.25, 0.3) is 0 Å². The van der Waals surface area contributed by atoms with Crippen LogP contribution in [0.25, 0.3) is 0 Å². The third-order valence-corrected chi connectivity index (χ3v) is 3.32. The van der Waals surface area contributed by atoms with Crippen LogP contribution >= 0.6 is 12.2 Å². The molecule has 2 heterocycles. The number of anilines is 1. The van der Waals surface area contributed by atoms with Gasteiger partial charge in [-0.05, 0) is 18.1 Å². The van der Waals surface area contributed by atoms with Crippen LogP contribution < -0.4 is 10.6 Å². The van der Waals surface area contributed by atoms with Crippen LogP contribution in [0.5, 0.6) is 0 Å². The molecule has 0 radical (unpaired) electrons. The Bertz CT molecular complexity index is 588. The molecule has 0 saturated heterocycles. The van der Waals surface area contributed by atoms with Crippen molar-refractivity contribution >= 4 is 23.0 Å². The Kier molecular flexibility index (Phi) is 5.57. The van der Waals surface area contributed by atoms with Gasteiger partial charge < -0.3 is 10.6 Å². The molecule has 2 aromatic heterocycles. The van der Waals surface area contributed by atoms with E-state index in [1.54, 1.807) is 12.5 Å². The smallest absolute Gasteiger partial charge is 0.132 e. The van der Waals surface area contributed by atoms with Crippen molar-refractivity contribution in [1.82, 2.24) is 15.0 Å². The fourth-order valence-electron chi connectivity index (χ4n) is 1.98. The number of aromatic nitrogens is 3. The number of thiocarbonyl (C=S) groups is 1. The third-order valence-electron chi connectivity index (χ3n) is 3.12. The molecule has 2 N–H and O–H groups in total. The fraction of sp³-hybridized carbons (Fsp3) is 0.333. The van der Waals surface area contributed by atoms with Crippen LogP contribution in [0.15, 0.2) is 36.9 Å². The van der Waals surface area contributed by atoms with E-state index >= 15 is 0 Å². The maximum Gasteiger partial charge on any atom is 0.132 e. The summed E-state index contributed by atoms with van der Waals surface area (Å²) in [5, 5.41) is 0. The van der Waals surface area contributed by atoms with E-state index < -0.39 is 0 Å². The molecule has 0 aliphatic rings. The first-order valence-corrected chi connectivity index (χ1v) is 7.33. The van der Waals surface area contributed by atoms with Gasteiger partial charge in [-0.1, -0.05) is 25.2 Å². The van der Waals surface area contributed by atoms with Gasteiger partial charge in [0.2, 0.25) is 0 Å². The van der Waals surface area contributed by atoms with Gasteiger partial charge in [0.15, 0.2) is 0 Å². The molecule has 5 nitrogen and oxygen atoms in total. The van der Waals surface area contributed by atoms with E-state index in [0.29, 0.717) is 11.4 Å². The van der Waals surface area contributed by atoms with Crippen molar-refractivity contribution in [2.75, 3.05) is 11.4 Å². The monoisotopic (exact) mass is 301 g/mol. The lowest BCUT2D eigenvalue weighted by atomic mass is 10.2. The second kappa shape index (κ2) is 7.64. The third kappa shape index (κ3) is 4.75. The highest BCUT2D eigenvalue weighted by Gasteiger charge is 2.10. The molecule has 0 aliphatic heterocycles. The van der Waals surface area contributed by atoms with E-state index in [-0.39, 0.29) is 0 Å². The molecule has 2 rings (SSSR count). The summed E-state index contributed by atoms with van der Waals surface area (Å²) in [6, 6.07) is 5.98. The fourth-order valence-corrected chi connectivity index (χ4v) is 2.08. The van der Waals surface area contributed by atoms with Crippen LogP contribution in [0.2, 0.25) is 0 Å². The molecule has 0 saturated carbocycles. The van der Waals surface area contributed by atoms with E-state index in [1.807, 2.05) is 24.4 Å². The molecule has 0 bridgehead atoms. The van der Waals surface area contributed by atoms with Crippen LogP contribution in [-0.4, -0.2) is 26.5 Å². The van der Waals surface area contributed by atoms with Gasteiger partial charge >= 0.3 is 0 Å². The van der Waals surface area contributed by atoms with Gasteiger partial charge in [-0.3, -0.25) is 4.98 Å². The van der Waals surface area contributed by atoms with Crippen molar-refractivity contribution in [2.45, 2.75) is 26.3 Å². The first-order chi connectivity index (χ1) is 10.2. The molecule has 0 aliphatic carbocycles. The molecule has 0 fully saturated rings. The number of pyridine rings is 1. The molecule has 0 aromatic carbocycles.